The van der Waals surface area contributed by atoms with Crippen LogP contribution in [0.5, 0.6) is 0 Å². The SMILES string of the molecule is CCNC(=O)Nc1ccccc1N(c1nc(C)cs1)c1ccncc1C(N)=O. The molecule has 0 aliphatic rings. The highest BCUT2D eigenvalue weighted by atomic mass is 32.1. The summed E-state index contributed by atoms with van der Waals surface area (Å²) in [5.41, 5.74) is 8.41. The highest BCUT2D eigenvalue weighted by Gasteiger charge is 2.23. The first-order valence-corrected chi connectivity index (χ1v) is 9.49. The minimum atomic E-state index is -0.601. The number of hydrogen-bond donors (Lipinski definition) is 3. The molecule has 0 radical (unpaired) electrons. The number of carbonyl (C=O) groups excluding carboxylic acids is 2. The van der Waals surface area contributed by atoms with Crippen LogP contribution in [-0.2, 0) is 0 Å². The summed E-state index contributed by atoms with van der Waals surface area (Å²) in [5.74, 6) is -0.601. The normalized spacial score (nSPS) is 10.4. The summed E-state index contributed by atoms with van der Waals surface area (Å²) in [7, 11) is 0. The number of anilines is 4. The van der Waals surface area contributed by atoms with E-state index in [2.05, 4.69) is 20.6 Å². The molecule has 9 heteroatoms. The number of urea groups is 1. The largest absolute Gasteiger partial charge is 0.365 e. The lowest BCUT2D eigenvalue weighted by Crippen LogP contribution is -2.29. The van der Waals surface area contributed by atoms with Crippen molar-refractivity contribution in [3.8, 4) is 0 Å². The van der Waals surface area contributed by atoms with E-state index in [9.17, 15) is 9.59 Å². The van der Waals surface area contributed by atoms with Gasteiger partial charge in [-0.3, -0.25) is 14.7 Å². The number of benzene rings is 1. The Balaban J connectivity index is 2.18. The number of carbonyl (C=O) groups is 2. The van der Waals surface area contributed by atoms with Gasteiger partial charge in [0, 0.05) is 24.3 Å². The third-order valence-corrected chi connectivity index (χ3v) is 4.78. The van der Waals surface area contributed by atoms with Gasteiger partial charge >= 0.3 is 6.03 Å². The van der Waals surface area contributed by atoms with Crippen molar-refractivity contribution in [1.29, 1.82) is 0 Å². The Morgan fingerprint density at radius 1 is 1.21 bits per heavy atom. The maximum atomic E-state index is 12.1. The van der Waals surface area contributed by atoms with Gasteiger partial charge in [0.2, 0.25) is 0 Å². The van der Waals surface area contributed by atoms with Gasteiger partial charge in [0.05, 0.1) is 28.3 Å². The summed E-state index contributed by atoms with van der Waals surface area (Å²) in [6, 6.07) is 8.65. The summed E-state index contributed by atoms with van der Waals surface area (Å²) in [6.45, 7) is 4.23. The van der Waals surface area contributed by atoms with E-state index in [0.29, 0.717) is 28.7 Å². The summed E-state index contributed by atoms with van der Waals surface area (Å²) in [6.07, 6.45) is 3.00. The molecule has 0 atom stereocenters. The quantitative estimate of drug-likeness (QED) is 0.590. The zero-order valence-electron chi connectivity index (χ0n) is 15.5. The maximum absolute atomic E-state index is 12.1. The second kappa shape index (κ2) is 8.49. The summed E-state index contributed by atoms with van der Waals surface area (Å²) >= 11 is 1.42. The second-order valence-corrected chi connectivity index (χ2v) is 6.70. The molecule has 0 aliphatic heterocycles. The zero-order chi connectivity index (χ0) is 20.1. The summed E-state index contributed by atoms with van der Waals surface area (Å²) < 4.78 is 0. The first-order chi connectivity index (χ1) is 13.5. The monoisotopic (exact) mass is 396 g/mol. The number of para-hydroxylation sites is 2. The van der Waals surface area contributed by atoms with E-state index >= 15 is 0 Å². The van der Waals surface area contributed by atoms with E-state index < -0.39 is 5.91 Å². The van der Waals surface area contributed by atoms with E-state index in [1.165, 1.54) is 17.5 Å². The molecule has 0 saturated carbocycles. The van der Waals surface area contributed by atoms with Gasteiger partial charge in [0.15, 0.2) is 5.13 Å². The van der Waals surface area contributed by atoms with Crippen molar-refractivity contribution < 1.29 is 9.59 Å². The first kappa shape index (κ1) is 19.3. The molecule has 2 heterocycles. The molecule has 2 aromatic heterocycles. The van der Waals surface area contributed by atoms with Gasteiger partial charge in [-0.1, -0.05) is 12.1 Å². The number of aryl methyl sites for hydroxylation is 1. The number of amides is 3. The predicted octanol–water partition coefficient (Wildman–Crippen LogP) is 3.56. The Kier molecular flexibility index (Phi) is 5.85. The Hall–Kier alpha value is -3.46. The Morgan fingerprint density at radius 2 is 2.00 bits per heavy atom. The van der Waals surface area contributed by atoms with Gasteiger partial charge in [0.25, 0.3) is 5.91 Å². The van der Waals surface area contributed by atoms with Gasteiger partial charge in [-0.25, -0.2) is 9.78 Å². The lowest BCUT2D eigenvalue weighted by Gasteiger charge is -2.26. The number of nitrogens with one attached hydrogen (secondary N) is 2. The average molecular weight is 396 g/mol. The number of rotatable bonds is 6. The summed E-state index contributed by atoms with van der Waals surface area (Å²) in [4.78, 5) is 34.5. The van der Waals surface area contributed by atoms with E-state index in [1.54, 1.807) is 23.2 Å². The number of aromatic nitrogens is 2. The van der Waals surface area contributed by atoms with Crippen LogP contribution in [-0.4, -0.2) is 28.5 Å². The Morgan fingerprint density at radius 3 is 2.68 bits per heavy atom. The van der Waals surface area contributed by atoms with Crippen LogP contribution in [0.4, 0.5) is 27.0 Å². The third kappa shape index (κ3) is 4.09. The highest BCUT2D eigenvalue weighted by Crippen LogP contribution is 2.41. The lowest BCUT2D eigenvalue weighted by atomic mass is 10.1. The van der Waals surface area contributed by atoms with Crippen LogP contribution >= 0.6 is 11.3 Å². The van der Waals surface area contributed by atoms with Crippen LogP contribution in [0.15, 0.2) is 48.1 Å². The van der Waals surface area contributed by atoms with Crippen molar-refractivity contribution >= 4 is 45.5 Å². The zero-order valence-corrected chi connectivity index (χ0v) is 16.3. The number of pyridine rings is 1. The molecule has 4 N–H and O–H groups in total. The second-order valence-electron chi connectivity index (χ2n) is 5.87. The fraction of sp³-hybridized carbons (Fsp3) is 0.158. The van der Waals surface area contributed by atoms with Crippen LogP contribution in [0, 0.1) is 6.92 Å². The van der Waals surface area contributed by atoms with Crippen molar-refractivity contribution in [2.75, 3.05) is 16.8 Å². The lowest BCUT2D eigenvalue weighted by molar-refractivity contribution is 0.100. The van der Waals surface area contributed by atoms with Gasteiger partial charge in [-0.15, -0.1) is 11.3 Å². The molecule has 0 unspecified atom stereocenters. The number of primary amides is 1. The van der Waals surface area contributed by atoms with Gasteiger partial charge in [0.1, 0.15) is 0 Å². The van der Waals surface area contributed by atoms with Crippen molar-refractivity contribution in [3.05, 3.63) is 59.4 Å². The maximum Gasteiger partial charge on any atom is 0.319 e. The van der Waals surface area contributed by atoms with Crippen LogP contribution in [0.1, 0.15) is 23.0 Å². The molecule has 8 nitrogen and oxygen atoms in total. The predicted molar refractivity (Wildman–Crippen MR) is 111 cm³/mol. The van der Waals surface area contributed by atoms with E-state index in [1.807, 2.05) is 37.4 Å². The molecule has 3 aromatic rings. The average Bonchev–Trinajstić information content (AvgIpc) is 3.10. The smallest absolute Gasteiger partial charge is 0.319 e. The van der Waals surface area contributed by atoms with E-state index in [-0.39, 0.29) is 11.6 Å². The molecule has 1 aromatic carbocycles. The molecular formula is C19H20N6O2S. The first-order valence-electron chi connectivity index (χ1n) is 8.61. The van der Waals surface area contributed by atoms with Crippen molar-refractivity contribution in [1.82, 2.24) is 15.3 Å². The number of hydrogen-bond acceptors (Lipinski definition) is 6. The molecule has 0 saturated heterocycles. The van der Waals surface area contributed by atoms with Crippen LogP contribution in [0.3, 0.4) is 0 Å². The molecule has 144 valence electrons. The van der Waals surface area contributed by atoms with E-state index in [4.69, 9.17) is 5.73 Å². The Bertz CT molecular complexity index is 1000. The number of nitrogens with zero attached hydrogens (tertiary/aromatic N) is 3. The number of nitrogens with two attached hydrogens (primary N) is 1. The fourth-order valence-electron chi connectivity index (χ4n) is 2.65. The molecule has 3 amide bonds. The minimum Gasteiger partial charge on any atom is -0.365 e. The van der Waals surface area contributed by atoms with Crippen LogP contribution < -0.4 is 21.3 Å². The molecule has 0 spiro atoms. The molecule has 3 rings (SSSR count). The fourth-order valence-corrected chi connectivity index (χ4v) is 3.48. The molecule has 0 bridgehead atoms. The van der Waals surface area contributed by atoms with Crippen molar-refractivity contribution in [2.45, 2.75) is 13.8 Å². The van der Waals surface area contributed by atoms with Gasteiger partial charge in [-0.2, -0.15) is 0 Å². The van der Waals surface area contributed by atoms with E-state index in [0.717, 1.165) is 5.69 Å². The van der Waals surface area contributed by atoms with Crippen LogP contribution in [0.25, 0.3) is 0 Å². The third-order valence-electron chi connectivity index (χ3n) is 3.83. The molecule has 0 aliphatic carbocycles. The van der Waals surface area contributed by atoms with Crippen molar-refractivity contribution in [3.63, 3.8) is 0 Å². The van der Waals surface area contributed by atoms with Crippen molar-refractivity contribution in [2.24, 2.45) is 5.73 Å². The summed E-state index contributed by atoms with van der Waals surface area (Å²) in [5, 5.41) is 8.09. The Labute approximate surface area is 166 Å². The topological polar surface area (TPSA) is 113 Å². The van der Waals surface area contributed by atoms with Crippen LogP contribution in [0.2, 0.25) is 0 Å². The molecule has 28 heavy (non-hydrogen) atoms. The molecular weight excluding hydrogens is 376 g/mol. The minimum absolute atomic E-state index is 0.253. The number of thiazole rings is 1. The standard InChI is InChI=1S/C19H20N6O2S/c1-3-22-18(27)24-14-6-4-5-7-16(14)25(19-23-12(2)11-28-19)15-8-9-21-10-13(15)17(20)26/h4-11H,3H2,1-2H3,(H2,20,26)(H2,22,24,27). The van der Waals surface area contributed by atoms with Gasteiger partial charge < -0.3 is 16.4 Å². The van der Waals surface area contributed by atoms with Gasteiger partial charge in [-0.05, 0) is 32.0 Å². The highest BCUT2D eigenvalue weighted by molar-refractivity contribution is 7.14. The molecule has 0 fully saturated rings.